The lowest BCUT2D eigenvalue weighted by atomic mass is 10.1. The molecule has 0 bridgehead atoms. The minimum absolute atomic E-state index is 0.0329. The van der Waals surface area contributed by atoms with Gasteiger partial charge < -0.3 is 9.84 Å². The maximum absolute atomic E-state index is 9.65. The quantitative estimate of drug-likeness (QED) is 0.848. The number of nitrogens with zero attached hydrogens (tertiary/aromatic N) is 1. The summed E-state index contributed by atoms with van der Waals surface area (Å²) in [6, 6.07) is 15.0. The van der Waals surface area contributed by atoms with Crippen molar-refractivity contribution in [2.24, 2.45) is 4.99 Å². The number of rotatable bonds is 4. The van der Waals surface area contributed by atoms with E-state index in [1.807, 2.05) is 43.3 Å². The Labute approximate surface area is 113 Å². The summed E-state index contributed by atoms with van der Waals surface area (Å²) >= 11 is 0. The number of benzene rings is 2. The second-order valence-corrected chi connectivity index (χ2v) is 4.29. The molecule has 3 nitrogen and oxygen atoms in total. The summed E-state index contributed by atoms with van der Waals surface area (Å²) in [7, 11) is 1.65. The van der Waals surface area contributed by atoms with E-state index in [-0.39, 0.29) is 11.8 Å². The molecule has 0 saturated carbocycles. The van der Waals surface area contributed by atoms with Gasteiger partial charge in [0, 0.05) is 11.8 Å². The highest BCUT2D eigenvalue weighted by molar-refractivity contribution is 5.83. The highest BCUT2D eigenvalue weighted by Gasteiger charge is 2.03. The topological polar surface area (TPSA) is 41.8 Å². The molecule has 2 aromatic carbocycles. The first kappa shape index (κ1) is 13.1. The fraction of sp³-hybridized carbons (Fsp3) is 0.188. The molecule has 0 aliphatic carbocycles. The van der Waals surface area contributed by atoms with Crippen molar-refractivity contribution in [2.75, 3.05) is 7.11 Å². The molecular weight excluding hydrogens is 238 g/mol. The number of aliphatic imine (C=N–C) groups is 1. The molecule has 0 heterocycles. The predicted molar refractivity (Wildman–Crippen MR) is 77.1 cm³/mol. The summed E-state index contributed by atoms with van der Waals surface area (Å²) in [5, 5.41) is 9.65. The van der Waals surface area contributed by atoms with Crippen molar-refractivity contribution in [1.82, 2.24) is 0 Å². The first-order chi connectivity index (χ1) is 9.20. The third kappa shape index (κ3) is 3.35. The van der Waals surface area contributed by atoms with Crippen LogP contribution in [0.25, 0.3) is 0 Å². The highest BCUT2D eigenvalue weighted by atomic mass is 16.5. The van der Waals surface area contributed by atoms with Gasteiger partial charge in [-0.25, -0.2) is 0 Å². The molecule has 0 spiro atoms. The molecule has 0 fully saturated rings. The molecule has 0 saturated heterocycles. The van der Waals surface area contributed by atoms with E-state index in [9.17, 15) is 5.11 Å². The molecule has 2 aromatic rings. The number of methoxy groups -OCH3 is 1. The van der Waals surface area contributed by atoms with Crippen LogP contribution in [-0.4, -0.2) is 18.4 Å². The smallest absolute Gasteiger partial charge is 0.124 e. The molecule has 2 rings (SSSR count). The number of phenolic OH excluding ortho intramolecular Hbond substituents is 1. The molecule has 0 aliphatic rings. The van der Waals surface area contributed by atoms with Crippen LogP contribution in [0, 0.1) is 0 Å². The van der Waals surface area contributed by atoms with Crippen LogP contribution in [0.2, 0.25) is 0 Å². The van der Waals surface area contributed by atoms with Crippen molar-refractivity contribution >= 4 is 6.21 Å². The van der Waals surface area contributed by atoms with Crippen LogP contribution in [0.4, 0.5) is 0 Å². The Balaban J connectivity index is 2.12. The molecule has 0 aliphatic heterocycles. The second kappa shape index (κ2) is 6.05. The molecule has 1 unspecified atom stereocenters. The third-order valence-corrected chi connectivity index (χ3v) is 2.97. The normalized spacial score (nSPS) is 12.5. The van der Waals surface area contributed by atoms with Crippen LogP contribution in [0.5, 0.6) is 11.5 Å². The van der Waals surface area contributed by atoms with Gasteiger partial charge >= 0.3 is 0 Å². The largest absolute Gasteiger partial charge is 0.507 e. The van der Waals surface area contributed by atoms with Crippen molar-refractivity contribution in [3.63, 3.8) is 0 Å². The summed E-state index contributed by atoms with van der Waals surface area (Å²) < 4.78 is 5.12. The molecule has 0 aromatic heterocycles. The summed E-state index contributed by atoms with van der Waals surface area (Å²) in [4.78, 5) is 4.46. The van der Waals surface area contributed by atoms with E-state index in [2.05, 4.69) is 4.99 Å². The van der Waals surface area contributed by atoms with Gasteiger partial charge in [0.25, 0.3) is 0 Å². The van der Waals surface area contributed by atoms with Gasteiger partial charge in [0.2, 0.25) is 0 Å². The van der Waals surface area contributed by atoms with Gasteiger partial charge in [-0.05, 0) is 36.8 Å². The summed E-state index contributed by atoms with van der Waals surface area (Å²) in [5.74, 6) is 1.08. The van der Waals surface area contributed by atoms with Crippen LogP contribution >= 0.6 is 0 Å². The number of hydrogen-bond donors (Lipinski definition) is 1. The van der Waals surface area contributed by atoms with Gasteiger partial charge in [-0.15, -0.1) is 0 Å². The second-order valence-electron chi connectivity index (χ2n) is 4.29. The van der Waals surface area contributed by atoms with E-state index in [4.69, 9.17) is 4.74 Å². The van der Waals surface area contributed by atoms with Crippen LogP contribution in [0.15, 0.2) is 53.5 Å². The van der Waals surface area contributed by atoms with Crippen molar-refractivity contribution < 1.29 is 9.84 Å². The Kier molecular flexibility index (Phi) is 4.18. The first-order valence-corrected chi connectivity index (χ1v) is 6.16. The van der Waals surface area contributed by atoms with Crippen LogP contribution in [0.3, 0.4) is 0 Å². The zero-order chi connectivity index (χ0) is 13.7. The Morgan fingerprint density at radius 2 is 1.79 bits per heavy atom. The molecular formula is C16H17NO2. The van der Waals surface area contributed by atoms with Crippen molar-refractivity contribution in [2.45, 2.75) is 13.0 Å². The first-order valence-electron chi connectivity index (χ1n) is 6.16. The fourth-order valence-corrected chi connectivity index (χ4v) is 1.76. The summed E-state index contributed by atoms with van der Waals surface area (Å²) in [6.45, 7) is 2.01. The lowest BCUT2D eigenvalue weighted by Gasteiger charge is -2.07. The Morgan fingerprint density at radius 1 is 1.11 bits per heavy atom. The maximum Gasteiger partial charge on any atom is 0.124 e. The molecule has 19 heavy (non-hydrogen) atoms. The lowest BCUT2D eigenvalue weighted by molar-refractivity contribution is 0.414. The van der Waals surface area contributed by atoms with E-state index >= 15 is 0 Å². The average molecular weight is 255 g/mol. The summed E-state index contributed by atoms with van der Waals surface area (Å²) in [5.41, 5.74) is 1.83. The zero-order valence-corrected chi connectivity index (χ0v) is 11.1. The van der Waals surface area contributed by atoms with Crippen molar-refractivity contribution in [1.29, 1.82) is 0 Å². The van der Waals surface area contributed by atoms with Gasteiger partial charge in [-0.3, -0.25) is 4.99 Å². The predicted octanol–water partition coefficient (Wildman–Crippen LogP) is 3.58. The van der Waals surface area contributed by atoms with Crippen molar-refractivity contribution in [3.05, 3.63) is 59.7 Å². The number of ether oxygens (including phenoxy) is 1. The van der Waals surface area contributed by atoms with Gasteiger partial charge in [0.1, 0.15) is 11.5 Å². The molecule has 98 valence electrons. The van der Waals surface area contributed by atoms with E-state index in [1.54, 1.807) is 25.5 Å². The van der Waals surface area contributed by atoms with Gasteiger partial charge in [0.05, 0.1) is 13.2 Å². The molecule has 1 N–H and O–H groups in total. The number of aromatic hydroxyl groups is 1. The van der Waals surface area contributed by atoms with E-state index in [0.29, 0.717) is 0 Å². The van der Waals surface area contributed by atoms with E-state index in [1.165, 1.54) is 0 Å². The molecule has 1 atom stereocenters. The van der Waals surface area contributed by atoms with Gasteiger partial charge in [0.15, 0.2) is 0 Å². The highest BCUT2D eigenvalue weighted by Crippen LogP contribution is 2.21. The van der Waals surface area contributed by atoms with E-state index in [0.717, 1.165) is 16.9 Å². The van der Waals surface area contributed by atoms with Crippen LogP contribution in [-0.2, 0) is 0 Å². The Morgan fingerprint density at radius 3 is 2.42 bits per heavy atom. The minimum atomic E-state index is 0.0329. The number of hydrogen-bond acceptors (Lipinski definition) is 3. The zero-order valence-electron chi connectivity index (χ0n) is 11.1. The van der Waals surface area contributed by atoms with Crippen molar-refractivity contribution in [3.8, 4) is 11.5 Å². The standard InChI is InChI=1S/C16H17NO2/c1-12(13-7-9-15(19-2)10-8-13)17-11-14-5-3-4-6-16(14)18/h3-12,18H,1-2H3. The van der Waals surface area contributed by atoms with Crippen LogP contribution < -0.4 is 4.74 Å². The Hall–Kier alpha value is -2.29. The maximum atomic E-state index is 9.65. The van der Waals surface area contributed by atoms with Crippen LogP contribution in [0.1, 0.15) is 24.1 Å². The number of para-hydroxylation sites is 1. The SMILES string of the molecule is COc1ccc(C(C)N=Cc2ccccc2O)cc1. The minimum Gasteiger partial charge on any atom is -0.507 e. The number of phenols is 1. The molecule has 0 radical (unpaired) electrons. The van der Waals surface area contributed by atoms with Gasteiger partial charge in [-0.2, -0.15) is 0 Å². The molecule has 3 heteroatoms. The van der Waals surface area contributed by atoms with E-state index < -0.39 is 0 Å². The molecule has 0 amide bonds. The monoisotopic (exact) mass is 255 g/mol. The lowest BCUT2D eigenvalue weighted by Crippen LogP contribution is -1.92. The fourth-order valence-electron chi connectivity index (χ4n) is 1.76. The summed E-state index contributed by atoms with van der Waals surface area (Å²) in [6.07, 6.45) is 1.70. The Bertz CT molecular complexity index is 561. The third-order valence-electron chi connectivity index (χ3n) is 2.97. The van der Waals surface area contributed by atoms with Gasteiger partial charge in [-0.1, -0.05) is 24.3 Å². The average Bonchev–Trinajstić information content (AvgIpc) is 2.46.